The molecule has 5 heteroatoms. The lowest BCUT2D eigenvalue weighted by atomic mass is 10.1. The molecule has 18 heavy (non-hydrogen) atoms. The van der Waals surface area contributed by atoms with Crippen LogP contribution < -0.4 is 0 Å². The summed E-state index contributed by atoms with van der Waals surface area (Å²) in [5.74, 6) is -2.84. The van der Waals surface area contributed by atoms with E-state index in [-0.39, 0.29) is 12.1 Å². The number of nitrogens with zero attached hydrogens (tertiary/aromatic N) is 2. The Bertz CT molecular complexity index is 410. The summed E-state index contributed by atoms with van der Waals surface area (Å²) < 4.78 is 28.0. The molecule has 0 unspecified atom stereocenters. The first-order valence-corrected chi connectivity index (χ1v) is 5.97. The number of rotatable bonds is 3. The molecule has 1 saturated heterocycles. The minimum Gasteiger partial charge on any atom is -0.411 e. The van der Waals surface area contributed by atoms with E-state index in [1.807, 2.05) is 0 Å². The lowest BCUT2D eigenvalue weighted by molar-refractivity contribution is -0.0381. The quantitative estimate of drug-likeness (QED) is 0.665. The highest BCUT2D eigenvalue weighted by Gasteiger charge is 2.34. The van der Waals surface area contributed by atoms with E-state index in [4.69, 9.17) is 5.21 Å². The molecule has 1 aliphatic rings. The zero-order valence-electron chi connectivity index (χ0n) is 10.0. The second-order valence-corrected chi connectivity index (χ2v) is 4.51. The average molecular weight is 254 g/mol. The first kappa shape index (κ1) is 13.0. The van der Waals surface area contributed by atoms with E-state index in [0.717, 1.165) is 0 Å². The molecule has 1 fully saturated rings. The predicted molar refractivity (Wildman–Crippen MR) is 65.2 cm³/mol. The van der Waals surface area contributed by atoms with Gasteiger partial charge in [0.05, 0.1) is 12.3 Å². The topological polar surface area (TPSA) is 35.8 Å². The van der Waals surface area contributed by atoms with Crippen LogP contribution >= 0.6 is 0 Å². The van der Waals surface area contributed by atoms with Crippen molar-refractivity contribution in [3.05, 3.63) is 35.9 Å². The third kappa shape index (κ3) is 3.04. The fourth-order valence-corrected chi connectivity index (χ4v) is 2.12. The number of benzene rings is 1. The number of oxime groups is 1. The summed E-state index contributed by atoms with van der Waals surface area (Å²) in [4.78, 5) is 1.71. The Kier molecular flexibility index (Phi) is 3.91. The average Bonchev–Trinajstić information content (AvgIpc) is 2.40. The molecule has 0 atom stereocenters. The van der Waals surface area contributed by atoms with Crippen LogP contribution in [0, 0.1) is 0 Å². The zero-order valence-corrected chi connectivity index (χ0v) is 10.0. The van der Waals surface area contributed by atoms with Crippen molar-refractivity contribution in [2.75, 3.05) is 19.6 Å². The van der Waals surface area contributed by atoms with Gasteiger partial charge < -0.3 is 5.21 Å². The van der Waals surface area contributed by atoms with Crippen LogP contribution in [0.4, 0.5) is 8.78 Å². The number of piperidine rings is 1. The Balaban J connectivity index is 1.97. The van der Waals surface area contributed by atoms with Gasteiger partial charge in [0.1, 0.15) is 0 Å². The monoisotopic (exact) mass is 254 g/mol. The van der Waals surface area contributed by atoms with Crippen molar-refractivity contribution in [2.45, 2.75) is 18.8 Å². The van der Waals surface area contributed by atoms with Crippen molar-refractivity contribution >= 4 is 5.71 Å². The summed E-state index contributed by atoms with van der Waals surface area (Å²) in [6.07, 6.45) is 1.11. The number of alkyl halides is 2. The van der Waals surface area contributed by atoms with Gasteiger partial charge in [0, 0.05) is 31.5 Å². The van der Waals surface area contributed by atoms with Crippen LogP contribution in [0.15, 0.2) is 35.5 Å². The predicted octanol–water partition coefficient (Wildman–Crippen LogP) is 2.70. The third-order valence-corrected chi connectivity index (χ3v) is 3.19. The summed E-state index contributed by atoms with van der Waals surface area (Å²) >= 11 is 0. The van der Waals surface area contributed by atoms with Gasteiger partial charge in [0.15, 0.2) is 0 Å². The summed E-state index contributed by atoms with van der Waals surface area (Å²) in [5, 5.41) is 11.7. The Morgan fingerprint density at radius 3 is 2.33 bits per heavy atom. The molecule has 2 rings (SSSR count). The molecule has 1 N–H and O–H groups in total. The van der Waals surface area contributed by atoms with Crippen LogP contribution in [0.25, 0.3) is 0 Å². The first-order chi connectivity index (χ1) is 8.62. The highest BCUT2D eigenvalue weighted by atomic mass is 19.3. The lowest BCUT2D eigenvalue weighted by Crippen LogP contribution is -2.40. The normalized spacial score (nSPS) is 17.8. The summed E-state index contributed by atoms with van der Waals surface area (Å²) in [7, 11) is 0. The van der Waals surface area contributed by atoms with Crippen LogP contribution in [-0.2, 0) is 5.92 Å². The second kappa shape index (κ2) is 5.44. The lowest BCUT2D eigenvalue weighted by Gasteiger charge is -2.30. The van der Waals surface area contributed by atoms with Crippen molar-refractivity contribution in [1.29, 1.82) is 0 Å². The van der Waals surface area contributed by atoms with Gasteiger partial charge in [-0.1, -0.05) is 35.5 Å². The molecule has 1 aliphatic heterocycles. The van der Waals surface area contributed by atoms with Crippen molar-refractivity contribution < 1.29 is 14.0 Å². The largest absolute Gasteiger partial charge is 0.411 e. The summed E-state index contributed by atoms with van der Waals surface area (Å²) in [6, 6.07) is 7.87. The number of likely N-dealkylation sites (tertiary alicyclic amines) is 1. The molecule has 0 aliphatic carbocycles. The molecule has 3 nitrogen and oxygen atoms in total. The van der Waals surface area contributed by atoms with Gasteiger partial charge in [-0.3, -0.25) is 4.90 Å². The smallest absolute Gasteiger partial charge is 0.285 e. The van der Waals surface area contributed by atoms with Crippen molar-refractivity contribution in [3.8, 4) is 0 Å². The van der Waals surface area contributed by atoms with E-state index < -0.39 is 5.92 Å². The highest BCUT2D eigenvalue weighted by Crippen LogP contribution is 2.29. The van der Waals surface area contributed by atoms with Gasteiger partial charge in [-0.15, -0.1) is 0 Å². The summed E-state index contributed by atoms with van der Waals surface area (Å²) in [5.41, 5.74) is 0.737. The SMILES string of the molecule is ON=C1CCN(CC(F)(F)c2ccccc2)CC1. The van der Waals surface area contributed by atoms with E-state index in [0.29, 0.717) is 31.6 Å². The maximum atomic E-state index is 14.0. The van der Waals surface area contributed by atoms with Crippen molar-refractivity contribution in [2.24, 2.45) is 5.16 Å². The van der Waals surface area contributed by atoms with Crippen LogP contribution in [-0.4, -0.2) is 35.5 Å². The number of halogens is 2. The fourth-order valence-electron chi connectivity index (χ4n) is 2.12. The van der Waals surface area contributed by atoms with Crippen molar-refractivity contribution in [1.82, 2.24) is 4.90 Å². The van der Waals surface area contributed by atoms with Gasteiger partial charge in [-0.2, -0.15) is 8.78 Å². The first-order valence-electron chi connectivity index (χ1n) is 5.97. The Hall–Kier alpha value is -1.49. The summed E-state index contributed by atoms with van der Waals surface area (Å²) in [6.45, 7) is 0.749. The second-order valence-electron chi connectivity index (χ2n) is 4.51. The van der Waals surface area contributed by atoms with Gasteiger partial charge in [0.2, 0.25) is 0 Å². The Morgan fingerprint density at radius 1 is 1.17 bits per heavy atom. The molecular formula is C13H16F2N2O. The maximum Gasteiger partial charge on any atom is 0.285 e. The molecule has 1 heterocycles. The van der Waals surface area contributed by atoms with Gasteiger partial charge in [0.25, 0.3) is 5.92 Å². The van der Waals surface area contributed by atoms with Gasteiger partial charge in [-0.25, -0.2) is 0 Å². The van der Waals surface area contributed by atoms with Gasteiger partial charge in [-0.05, 0) is 0 Å². The van der Waals surface area contributed by atoms with Crippen molar-refractivity contribution in [3.63, 3.8) is 0 Å². The minimum absolute atomic E-state index is 0.0478. The molecular weight excluding hydrogens is 238 g/mol. The zero-order chi connectivity index (χ0) is 13.0. The van der Waals surface area contributed by atoms with Crippen LogP contribution in [0.3, 0.4) is 0 Å². The molecule has 0 radical (unpaired) electrons. The molecule has 0 spiro atoms. The highest BCUT2D eigenvalue weighted by molar-refractivity contribution is 5.84. The van der Waals surface area contributed by atoms with Crippen LogP contribution in [0.1, 0.15) is 18.4 Å². The van der Waals surface area contributed by atoms with E-state index in [2.05, 4.69) is 5.16 Å². The van der Waals surface area contributed by atoms with E-state index in [1.54, 1.807) is 23.1 Å². The Labute approximate surface area is 105 Å². The fraction of sp³-hybridized carbons (Fsp3) is 0.462. The van der Waals surface area contributed by atoms with Gasteiger partial charge >= 0.3 is 0 Å². The van der Waals surface area contributed by atoms with E-state index >= 15 is 0 Å². The molecule has 1 aromatic carbocycles. The van der Waals surface area contributed by atoms with E-state index in [1.165, 1.54) is 12.1 Å². The Morgan fingerprint density at radius 2 is 1.78 bits per heavy atom. The molecule has 0 bridgehead atoms. The molecule has 0 aromatic heterocycles. The molecule has 0 saturated carbocycles. The molecule has 0 amide bonds. The van der Waals surface area contributed by atoms with Crippen LogP contribution in [0.2, 0.25) is 0 Å². The van der Waals surface area contributed by atoms with Crippen LogP contribution in [0.5, 0.6) is 0 Å². The standard InChI is InChI=1S/C13H16F2N2O/c14-13(15,11-4-2-1-3-5-11)10-17-8-6-12(16-18)7-9-17/h1-5,18H,6-10H2. The number of hydrogen-bond acceptors (Lipinski definition) is 3. The van der Waals surface area contributed by atoms with E-state index in [9.17, 15) is 8.78 Å². The molecule has 98 valence electrons. The molecule has 1 aromatic rings. The maximum absolute atomic E-state index is 14.0. The number of hydrogen-bond donors (Lipinski definition) is 1. The third-order valence-electron chi connectivity index (χ3n) is 3.19. The minimum atomic E-state index is -2.84.